The largest absolute Gasteiger partial charge is 0.496 e. The summed E-state index contributed by atoms with van der Waals surface area (Å²) < 4.78 is 7.38. The number of aromatic nitrogens is 4. The number of methoxy groups -OCH3 is 1. The molecule has 0 spiro atoms. The zero-order chi connectivity index (χ0) is 19.5. The fourth-order valence-corrected chi connectivity index (χ4v) is 3.23. The number of nitrogens with one attached hydrogen (secondary N) is 2. The van der Waals surface area contributed by atoms with E-state index in [2.05, 4.69) is 20.3 Å². The van der Waals surface area contributed by atoms with E-state index >= 15 is 0 Å². The SMILES string of the molecule is COc1ccccc1CNc1nc(C(C)n2cnc3ccccc32)cc(=O)[nH]1. The number of ether oxygens (including phenoxy) is 1. The molecule has 7 nitrogen and oxygen atoms in total. The monoisotopic (exact) mass is 375 g/mol. The highest BCUT2D eigenvalue weighted by atomic mass is 16.5. The molecule has 0 saturated heterocycles. The number of benzene rings is 2. The van der Waals surface area contributed by atoms with Crippen LogP contribution in [0.4, 0.5) is 5.95 Å². The Morgan fingerprint density at radius 3 is 2.82 bits per heavy atom. The van der Waals surface area contributed by atoms with Crippen LogP contribution in [0.2, 0.25) is 0 Å². The minimum absolute atomic E-state index is 0.137. The molecule has 0 aliphatic rings. The van der Waals surface area contributed by atoms with Crippen molar-refractivity contribution in [2.45, 2.75) is 19.5 Å². The topological polar surface area (TPSA) is 84.8 Å². The van der Waals surface area contributed by atoms with E-state index in [-0.39, 0.29) is 11.6 Å². The van der Waals surface area contributed by atoms with Gasteiger partial charge in [-0.2, -0.15) is 0 Å². The predicted octanol–water partition coefficient (Wildman–Crippen LogP) is 3.35. The van der Waals surface area contributed by atoms with Gasteiger partial charge in [-0.25, -0.2) is 9.97 Å². The summed E-state index contributed by atoms with van der Waals surface area (Å²) in [4.78, 5) is 24.0. The quantitative estimate of drug-likeness (QED) is 0.540. The van der Waals surface area contributed by atoms with Crippen molar-refractivity contribution in [3.63, 3.8) is 0 Å². The van der Waals surface area contributed by atoms with Crippen LogP contribution in [0.25, 0.3) is 11.0 Å². The summed E-state index contributed by atoms with van der Waals surface area (Å²) in [7, 11) is 1.64. The fourth-order valence-electron chi connectivity index (χ4n) is 3.23. The molecule has 1 unspecified atom stereocenters. The lowest BCUT2D eigenvalue weighted by atomic mass is 10.2. The normalized spacial score (nSPS) is 12.1. The van der Waals surface area contributed by atoms with E-state index in [1.54, 1.807) is 13.4 Å². The summed E-state index contributed by atoms with van der Waals surface area (Å²) in [5, 5.41) is 3.18. The minimum Gasteiger partial charge on any atom is -0.496 e. The molecule has 2 aromatic heterocycles. The number of nitrogens with zero attached hydrogens (tertiary/aromatic N) is 3. The van der Waals surface area contributed by atoms with Gasteiger partial charge in [0.15, 0.2) is 0 Å². The van der Waals surface area contributed by atoms with E-state index in [4.69, 9.17) is 4.74 Å². The Hall–Kier alpha value is -3.61. The molecule has 4 aromatic rings. The predicted molar refractivity (Wildman–Crippen MR) is 109 cm³/mol. The lowest BCUT2D eigenvalue weighted by Gasteiger charge is -2.15. The molecule has 7 heteroatoms. The first-order valence-corrected chi connectivity index (χ1v) is 9.04. The van der Waals surface area contributed by atoms with Crippen LogP contribution in [0, 0.1) is 0 Å². The van der Waals surface area contributed by atoms with Gasteiger partial charge in [0.05, 0.1) is 36.2 Å². The Morgan fingerprint density at radius 2 is 1.96 bits per heavy atom. The summed E-state index contributed by atoms with van der Waals surface area (Å²) in [5.41, 5.74) is 3.35. The fraction of sp³-hybridized carbons (Fsp3) is 0.190. The maximum Gasteiger partial charge on any atom is 0.252 e. The van der Waals surface area contributed by atoms with E-state index in [9.17, 15) is 4.79 Å². The second-order valence-corrected chi connectivity index (χ2v) is 6.50. The highest BCUT2D eigenvalue weighted by Crippen LogP contribution is 2.22. The summed E-state index contributed by atoms with van der Waals surface area (Å²) >= 11 is 0. The van der Waals surface area contributed by atoms with Gasteiger partial charge < -0.3 is 14.6 Å². The van der Waals surface area contributed by atoms with Crippen LogP contribution in [-0.2, 0) is 6.54 Å². The van der Waals surface area contributed by atoms with Crippen molar-refractivity contribution in [1.82, 2.24) is 19.5 Å². The van der Waals surface area contributed by atoms with E-state index in [0.717, 1.165) is 22.3 Å². The minimum atomic E-state index is -0.205. The van der Waals surface area contributed by atoms with Gasteiger partial charge in [0.1, 0.15) is 5.75 Å². The molecule has 142 valence electrons. The van der Waals surface area contributed by atoms with E-state index < -0.39 is 0 Å². The van der Waals surface area contributed by atoms with Crippen molar-refractivity contribution in [2.24, 2.45) is 0 Å². The third-order valence-corrected chi connectivity index (χ3v) is 4.73. The van der Waals surface area contributed by atoms with Crippen LogP contribution in [0.5, 0.6) is 5.75 Å². The molecule has 4 rings (SSSR count). The molecule has 0 bridgehead atoms. The van der Waals surface area contributed by atoms with Crippen LogP contribution in [-0.4, -0.2) is 26.6 Å². The second-order valence-electron chi connectivity index (χ2n) is 6.50. The molecule has 28 heavy (non-hydrogen) atoms. The molecular formula is C21H21N5O2. The number of H-pyrrole nitrogens is 1. The number of rotatable bonds is 6. The number of fused-ring (bicyclic) bond motifs is 1. The average molecular weight is 375 g/mol. The van der Waals surface area contributed by atoms with Gasteiger partial charge in [-0.1, -0.05) is 30.3 Å². The first-order valence-electron chi connectivity index (χ1n) is 9.04. The first-order chi connectivity index (χ1) is 13.7. The average Bonchev–Trinajstić information content (AvgIpc) is 3.15. The molecule has 0 saturated carbocycles. The Labute approximate surface area is 162 Å². The maximum atomic E-state index is 12.2. The van der Waals surface area contributed by atoms with Gasteiger partial charge >= 0.3 is 0 Å². The Morgan fingerprint density at radius 1 is 1.18 bits per heavy atom. The van der Waals surface area contributed by atoms with Crippen LogP contribution in [0.3, 0.4) is 0 Å². The lowest BCUT2D eigenvalue weighted by molar-refractivity contribution is 0.410. The number of imidazole rings is 1. The summed E-state index contributed by atoms with van der Waals surface area (Å²) in [6, 6.07) is 17.0. The zero-order valence-electron chi connectivity index (χ0n) is 15.7. The first kappa shape index (κ1) is 17.8. The van der Waals surface area contributed by atoms with Gasteiger partial charge in [-0.15, -0.1) is 0 Å². The highest BCUT2D eigenvalue weighted by molar-refractivity contribution is 5.75. The molecular weight excluding hydrogens is 354 g/mol. The van der Waals surface area contributed by atoms with Crippen LogP contribution in [0.15, 0.2) is 65.7 Å². The van der Waals surface area contributed by atoms with Gasteiger partial charge in [0, 0.05) is 18.2 Å². The van der Waals surface area contributed by atoms with Crippen LogP contribution < -0.4 is 15.6 Å². The molecule has 0 amide bonds. The number of anilines is 1. The lowest BCUT2D eigenvalue weighted by Crippen LogP contribution is -2.17. The molecule has 1 atom stereocenters. The van der Waals surface area contributed by atoms with E-state index in [1.807, 2.05) is 60.0 Å². The summed E-state index contributed by atoms with van der Waals surface area (Å²) in [5.74, 6) is 1.21. The van der Waals surface area contributed by atoms with Crippen molar-refractivity contribution >= 4 is 17.0 Å². The van der Waals surface area contributed by atoms with Crippen molar-refractivity contribution in [1.29, 1.82) is 0 Å². The van der Waals surface area contributed by atoms with Gasteiger partial charge in [0.25, 0.3) is 5.56 Å². The third-order valence-electron chi connectivity index (χ3n) is 4.73. The number of para-hydroxylation sites is 3. The smallest absolute Gasteiger partial charge is 0.252 e. The molecule has 0 fully saturated rings. The number of hydrogen-bond acceptors (Lipinski definition) is 5. The molecule has 0 radical (unpaired) electrons. The Balaban J connectivity index is 1.61. The van der Waals surface area contributed by atoms with Crippen molar-refractivity contribution in [3.05, 3.63) is 82.5 Å². The van der Waals surface area contributed by atoms with Gasteiger partial charge in [-0.05, 0) is 25.1 Å². The molecule has 0 aliphatic carbocycles. The second kappa shape index (κ2) is 7.56. The van der Waals surface area contributed by atoms with Gasteiger partial charge in [-0.3, -0.25) is 9.78 Å². The summed E-state index contributed by atoms with van der Waals surface area (Å²) in [6.07, 6.45) is 1.78. The summed E-state index contributed by atoms with van der Waals surface area (Å²) in [6.45, 7) is 2.48. The van der Waals surface area contributed by atoms with Gasteiger partial charge in [0.2, 0.25) is 5.95 Å². The Kier molecular flexibility index (Phi) is 4.80. The molecule has 0 aliphatic heterocycles. The van der Waals surface area contributed by atoms with Crippen molar-refractivity contribution < 1.29 is 4.74 Å². The maximum absolute atomic E-state index is 12.2. The number of hydrogen-bond donors (Lipinski definition) is 2. The molecule has 2 N–H and O–H groups in total. The zero-order valence-corrected chi connectivity index (χ0v) is 15.7. The van der Waals surface area contributed by atoms with E-state index in [1.165, 1.54) is 6.07 Å². The number of aromatic amines is 1. The molecule has 2 heterocycles. The third kappa shape index (κ3) is 3.46. The molecule has 2 aromatic carbocycles. The van der Waals surface area contributed by atoms with Crippen molar-refractivity contribution in [3.8, 4) is 5.75 Å². The standard InChI is InChI=1S/C21H21N5O2/c1-14(26-13-23-16-8-4-5-9-18(16)26)17-11-20(27)25-21(24-17)22-12-15-7-3-6-10-19(15)28-2/h3-11,13-14H,12H2,1-2H3,(H2,22,24,25,27). The van der Waals surface area contributed by atoms with Crippen LogP contribution >= 0.6 is 0 Å². The Bertz CT molecular complexity index is 1160. The van der Waals surface area contributed by atoms with Crippen molar-refractivity contribution in [2.75, 3.05) is 12.4 Å². The van der Waals surface area contributed by atoms with E-state index in [0.29, 0.717) is 18.2 Å². The van der Waals surface area contributed by atoms with Crippen LogP contribution in [0.1, 0.15) is 24.2 Å². The highest BCUT2D eigenvalue weighted by Gasteiger charge is 2.14.